The van der Waals surface area contributed by atoms with Crippen molar-refractivity contribution in [2.75, 3.05) is 11.9 Å². The monoisotopic (exact) mass is 420 g/mol. The zero-order valence-corrected chi connectivity index (χ0v) is 15.9. The molecule has 28 heavy (non-hydrogen) atoms. The smallest absolute Gasteiger partial charge is 0.331 e. The van der Waals surface area contributed by atoms with Crippen LogP contribution in [0, 0.1) is 0 Å². The molecule has 1 N–H and O–H groups in total. The second-order valence-electron chi connectivity index (χ2n) is 5.38. The summed E-state index contributed by atoms with van der Waals surface area (Å²) >= 11 is 1.75. The first-order valence-corrected chi connectivity index (χ1v) is 9.75. The average Bonchev–Trinajstić information content (AvgIpc) is 3.09. The summed E-state index contributed by atoms with van der Waals surface area (Å²) in [5.74, 6) is -3.93. The normalized spacial score (nSPS) is 11.2. The number of rotatable bonds is 7. The molecule has 0 aliphatic rings. The van der Waals surface area contributed by atoms with Crippen LogP contribution in [-0.2, 0) is 14.3 Å². The molecule has 0 unspecified atom stereocenters. The number of benzene rings is 2. The number of amides is 1. The Morgan fingerprint density at radius 3 is 2.71 bits per heavy atom. The number of anilines is 1. The lowest BCUT2D eigenvalue weighted by Crippen LogP contribution is -2.20. The first kappa shape index (κ1) is 20.0. The van der Waals surface area contributed by atoms with Gasteiger partial charge in [-0.15, -0.1) is 11.3 Å². The van der Waals surface area contributed by atoms with E-state index in [0.717, 1.165) is 10.2 Å². The van der Waals surface area contributed by atoms with Crippen LogP contribution in [0.5, 0.6) is 0 Å². The van der Waals surface area contributed by atoms with Crippen molar-refractivity contribution in [2.45, 2.75) is 10.7 Å². The van der Waals surface area contributed by atoms with Gasteiger partial charge in [-0.1, -0.05) is 36.0 Å². The Hall–Kier alpha value is -2.78. The number of aromatic nitrogens is 1. The lowest BCUT2D eigenvalue weighted by atomic mass is 10.3. The molecule has 0 bridgehead atoms. The van der Waals surface area contributed by atoms with E-state index in [2.05, 4.69) is 10.3 Å². The molecule has 1 amide bonds. The molecule has 0 saturated carbocycles. The molecule has 1 heterocycles. The standard InChI is InChI=1S/C19H14F2N2O3S2/c20-19(21)28-15-8-4-1-5-12(15)22-16(24)11-26-18(25)10-9-17-23-13-6-2-3-7-14(13)27-17/h1-10,19H,11H2,(H,22,24)/b10-9+. The van der Waals surface area contributed by atoms with Crippen molar-refractivity contribution in [2.24, 2.45) is 0 Å². The Morgan fingerprint density at radius 1 is 1.18 bits per heavy atom. The van der Waals surface area contributed by atoms with Gasteiger partial charge in [-0.3, -0.25) is 4.79 Å². The minimum absolute atomic E-state index is 0.230. The number of thiazole rings is 1. The van der Waals surface area contributed by atoms with E-state index in [1.165, 1.54) is 35.6 Å². The highest BCUT2D eigenvalue weighted by atomic mass is 32.2. The number of halogens is 2. The van der Waals surface area contributed by atoms with E-state index in [9.17, 15) is 18.4 Å². The minimum atomic E-state index is -2.61. The maximum Gasteiger partial charge on any atom is 0.331 e. The number of carbonyl (C=O) groups excluding carboxylic acids is 2. The number of para-hydroxylation sites is 2. The highest BCUT2D eigenvalue weighted by Crippen LogP contribution is 2.31. The summed E-state index contributed by atoms with van der Waals surface area (Å²) < 4.78 is 31.0. The summed E-state index contributed by atoms with van der Waals surface area (Å²) in [6, 6.07) is 13.7. The van der Waals surface area contributed by atoms with Crippen molar-refractivity contribution in [3.05, 3.63) is 59.6 Å². The van der Waals surface area contributed by atoms with Gasteiger partial charge in [0.15, 0.2) is 6.61 Å². The van der Waals surface area contributed by atoms with E-state index in [4.69, 9.17) is 4.74 Å². The van der Waals surface area contributed by atoms with Crippen LogP contribution in [0.3, 0.4) is 0 Å². The predicted octanol–water partition coefficient (Wildman–Crippen LogP) is 4.81. The van der Waals surface area contributed by atoms with Gasteiger partial charge in [0.2, 0.25) is 0 Å². The molecule has 1 aromatic heterocycles. The number of thioether (sulfide) groups is 1. The average molecular weight is 420 g/mol. The first-order chi connectivity index (χ1) is 13.5. The molecular formula is C19H14F2N2O3S2. The summed E-state index contributed by atoms with van der Waals surface area (Å²) in [7, 11) is 0. The summed E-state index contributed by atoms with van der Waals surface area (Å²) in [4.78, 5) is 28.3. The van der Waals surface area contributed by atoms with E-state index in [0.29, 0.717) is 16.8 Å². The quantitative estimate of drug-likeness (QED) is 0.338. The van der Waals surface area contributed by atoms with Crippen molar-refractivity contribution in [3.63, 3.8) is 0 Å². The van der Waals surface area contributed by atoms with Gasteiger partial charge >= 0.3 is 5.97 Å². The van der Waals surface area contributed by atoms with Gasteiger partial charge in [-0.25, -0.2) is 9.78 Å². The maximum absolute atomic E-state index is 12.6. The van der Waals surface area contributed by atoms with Gasteiger partial charge in [0.25, 0.3) is 11.7 Å². The molecule has 3 aromatic rings. The van der Waals surface area contributed by atoms with Crippen molar-refractivity contribution >= 4 is 57.0 Å². The number of ether oxygens (including phenoxy) is 1. The molecule has 2 aromatic carbocycles. The third-order valence-corrected chi connectivity index (χ3v) is 5.18. The largest absolute Gasteiger partial charge is 0.452 e. The molecule has 0 spiro atoms. The van der Waals surface area contributed by atoms with Gasteiger partial charge in [0.05, 0.1) is 15.9 Å². The van der Waals surface area contributed by atoms with Gasteiger partial charge in [-0.2, -0.15) is 8.78 Å². The van der Waals surface area contributed by atoms with E-state index in [1.54, 1.807) is 12.1 Å². The summed E-state index contributed by atoms with van der Waals surface area (Å²) in [5, 5.41) is 3.10. The first-order valence-electron chi connectivity index (χ1n) is 8.05. The zero-order chi connectivity index (χ0) is 19.9. The molecule has 0 aliphatic carbocycles. The van der Waals surface area contributed by atoms with Crippen LogP contribution in [0.25, 0.3) is 16.3 Å². The molecular weight excluding hydrogens is 406 g/mol. The third-order valence-electron chi connectivity index (χ3n) is 3.40. The van der Waals surface area contributed by atoms with Crippen molar-refractivity contribution in [1.29, 1.82) is 0 Å². The minimum Gasteiger partial charge on any atom is -0.452 e. The van der Waals surface area contributed by atoms with Crippen LogP contribution in [0.4, 0.5) is 14.5 Å². The van der Waals surface area contributed by atoms with E-state index in [1.807, 2.05) is 24.3 Å². The van der Waals surface area contributed by atoms with Crippen LogP contribution >= 0.6 is 23.1 Å². The van der Waals surface area contributed by atoms with E-state index < -0.39 is 24.2 Å². The highest BCUT2D eigenvalue weighted by molar-refractivity contribution is 7.99. The number of fused-ring (bicyclic) bond motifs is 1. The highest BCUT2D eigenvalue weighted by Gasteiger charge is 2.12. The van der Waals surface area contributed by atoms with Gasteiger partial charge < -0.3 is 10.1 Å². The number of alkyl halides is 2. The number of hydrogen-bond donors (Lipinski definition) is 1. The number of carbonyl (C=O) groups is 2. The second kappa shape index (κ2) is 9.43. The Balaban J connectivity index is 1.52. The van der Waals surface area contributed by atoms with Gasteiger partial charge in [-0.05, 0) is 30.3 Å². The maximum atomic E-state index is 12.6. The molecule has 0 saturated heterocycles. The topological polar surface area (TPSA) is 68.3 Å². The van der Waals surface area contributed by atoms with Gasteiger partial charge in [0, 0.05) is 11.0 Å². The van der Waals surface area contributed by atoms with Crippen molar-refractivity contribution < 1.29 is 23.1 Å². The zero-order valence-electron chi connectivity index (χ0n) is 14.3. The lowest BCUT2D eigenvalue weighted by Gasteiger charge is -2.10. The third kappa shape index (κ3) is 5.61. The Labute approximate surface area is 167 Å². The number of nitrogens with zero attached hydrogens (tertiary/aromatic N) is 1. The molecule has 3 rings (SSSR count). The van der Waals surface area contributed by atoms with Crippen molar-refractivity contribution in [3.8, 4) is 0 Å². The predicted molar refractivity (Wildman–Crippen MR) is 107 cm³/mol. The molecule has 144 valence electrons. The number of nitrogens with one attached hydrogen (secondary N) is 1. The molecule has 5 nitrogen and oxygen atoms in total. The SMILES string of the molecule is O=C(COC(=O)/C=C/c1nc2ccccc2s1)Nc1ccccc1SC(F)F. The molecule has 0 radical (unpaired) electrons. The fourth-order valence-electron chi connectivity index (χ4n) is 2.24. The molecule has 9 heteroatoms. The lowest BCUT2D eigenvalue weighted by molar-refractivity contribution is -0.142. The van der Waals surface area contributed by atoms with E-state index in [-0.39, 0.29) is 10.6 Å². The second-order valence-corrected chi connectivity index (χ2v) is 7.48. The Morgan fingerprint density at radius 2 is 1.93 bits per heavy atom. The fourth-order valence-corrected chi connectivity index (χ4v) is 3.71. The summed E-state index contributed by atoms with van der Waals surface area (Å²) in [6.45, 7) is -0.531. The fraction of sp³-hybridized carbons (Fsp3) is 0.105. The summed E-state index contributed by atoms with van der Waals surface area (Å²) in [6.07, 6.45) is 2.70. The molecule has 0 fully saturated rings. The van der Waals surface area contributed by atoms with Crippen molar-refractivity contribution in [1.82, 2.24) is 4.98 Å². The summed E-state index contributed by atoms with van der Waals surface area (Å²) in [5.41, 5.74) is 1.07. The van der Waals surface area contributed by atoms with Crippen LogP contribution in [0.2, 0.25) is 0 Å². The van der Waals surface area contributed by atoms with Crippen LogP contribution in [-0.4, -0.2) is 29.2 Å². The van der Waals surface area contributed by atoms with Crippen LogP contribution < -0.4 is 5.32 Å². The molecule has 0 atom stereocenters. The number of esters is 1. The molecule has 0 aliphatic heterocycles. The van der Waals surface area contributed by atoms with Crippen LogP contribution in [0.15, 0.2) is 59.5 Å². The van der Waals surface area contributed by atoms with E-state index >= 15 is 0 Å². The Kier molecular flexibility index (Phi) is 6.72. The number of hydrogen-bond acceptors (Lipinski definition) is 6. The van der Waals surface area contributed by atoms with Crippen LogP contribution in [0.1, 0.15) is 5.01 Å². The Bertz CT molecular complexity index is 988. The van der Waals surface area contributed by atoms with Gasteiger partial charge in [0.1, 0.15) is 5.01 Å².